The number of carbonyl (C=O) groups is 3. The number of ether oxygens (including phenoxy) is 3. The van der Waals surface area contributed by atoms with Crippen molar-refractivity contribution in [3.8, 4) is 5.75 Å². The number of rotatable bonds is 6. The van der Waals surface area contributed by atoms with Gasteiger partial charge in [-0.2, -0.15) is 0 Å². The Balaban J connectivity index is 2.28. The molecule has 1 atom stereocenters. The van der Waals surface area contributed by atoms with Gasteiger partial charge in [-0.25, -0.2) is 4.79 Å². The third kappa shape index (κ3) is 5.17. The largest absolute Gasteiger partial charge is 0.462 e. The normalized spacial score (nSPS) is 11.3. The molecule has 0 fully saturated rings. The summed E-state index contributed by atoms with van der Waals surface area (Å²) in [4.78, 5) is 34.3. The Kier molecular flexibility index (Phi) is 6.49. The lowest BCUT2D eigenvalue weighted by molar-refractivity contribution is -0.144. The molecule has 2 rings (SSSR count). The molecule has 0 aliphatic rings. The van der Waals surface area contributed by atoms with E-state index in [-0.39, 0.29) is 0 Å². The molecule has 0 aliphatic carbocycles. The molecule has 136 valence electrons. The van der Waals surface area contributed by atoms with E-state index >= 15 is 0 Å². The second kappa shape index (κ2) is 8.80. The zero-order chi connectivity index (χ0) is 19.1. The van der Waals surface area contributed by atoms with Crippen molar-refractivity contribution in [3.63, 3.8) is 0 Å². The summed E-state index contributed by atoms with van der Waals surface area (Å²) in [7, 11) is 0. The van der Waals surface area contributed by atoms with Crippen LogP contribution >= 0.6 is 0 Å². The predicted molar refractivity (Wildman–Crippen MR) is 93.8 cm³/mol. The minimum atomic E-state index is -0.643. The van der Waals surface area contributed by atoms with Crippen molar-refractivity contribution in [1.82, 2.24) is 0 Å². The molecular formula is C20H20O6. The molecule has 0 radical (unpaired) electrons. The van der Waals surface area contributed by atoms with Gasteiger partial charge in [0, 0.05) is 13.8 Å². The Bertz CT molecular complexity index is 777. The molecule has 0 N–H and O–H groups in total. The van der Waals surface area contributed by atoms with Gasteiger partial charge in [0.15, 0.2) is 6.10 Å². The van der Waals surface area contributed by atoms with Crippen LogP contribution in [-0.4, -0.2) is 24.5 Å². The molecule has 2 aromatic rings. The molecule has 1 unspecified atom stereocenters. The maximum Gasteiger partial charge on any atom is 0.338 e. The lowest BCUT2D eigenvalue weighted by Gasteiger charge is -2.18. The van der Waals surface area contributed by atoms with Crippen LogP contribution in [0.4, 0.5) is 0 Å². The van der Waals surface area contributed by atoms with Crippen molar-refractivity contribution in [1.29, 1.82) is 0 Å². The van der Waals surface area contributed by atoms with Crippen LogP contribution in [0.25, 0.3) is 0 Å². The highest BCUT2D eigenvalue weighted by Crippen LogP contribution is 2.28. The fourth-order valence-corrected chi connectivity index (χ4v) is 2.38. The quantitative estimate of drug-likeness (QED) is 0.583. The van der Waals surface area contributed by atoms with Crippen LogP contribution in [0.2, 0.25) is 0 Å². The van der Waals surface area contributed by atoms with Gasteiger partial charge in [0.25, 0.3) is 0 Å². The van der Waals surface area contributed by atoms with Crippen molar-refractivity contribution in [3.05, 3.63) is 65.2 Å². The number of carbonyl (C=O) groups excluding carboxylic acids is 3. The number of hydrogen-bond donors (Lipinski definition) is 0. The summed E-state index contributed by atoms with van der Waals surface area (Å²) >= 11 is 0. The van der Waals surface area contributed by atoms with Crippen molar-refractivity contribution >= 4 is 17.9 Å². The van der Waals surface area contributed by atoms with E-state index in [1.807, 2.05) is 0 Å². The van der Waals surface area contributed by atoms with Crippen LogP contribution in [0.3, 0.4) is 0 Å². The molecule has 6 nitrogen and oxygen atoms in total. The highest BCUT2D eigenvalue weighted by atomic mass is 16.5. The molecule has 0 aromatic heterocycles. The van der Waals surface area contributed by atoms with E-state index in [0.29, 0.717) is 29.0 Å². The first kappa shape index (κ1) is 19.2. The van der Waals surface area contributed by atoms with Gasteiger partial charge in [-0.1, -0.05) is 24.3 Å². The Morgan fingerprint density at radius 1 is 0.846 bits per heavy atom. The van der Waals surface area contributed by atoms with E-state index in [0.717, 1.165) is 0 Å². The zero-order valence-corrected chi connectivity index (χ0v) is 14.9. The van der Waals surface area contributed by atoms with Gasteiger partial charge in [0.1, 0.15) is 5.75 Å². The lowest BCUT2D eigenvalue weighted by Crippen LogP contribution is -2.11. The Morgan fingerprint density at radius 3 is 1.85 bits per heavy atom. The van der Waals surface area contributed by atoms with Crippen LogP contribution in [0.5, 0.6) is 5.75 Å². The fourth-order valence-electron chi connectivity index (χ4n) is 2.38. The monoisotopic (exact) mass is 356 g/mol. The molecular weight excluding hydrogens is 336 g/mol. The molecule has 6 heteroatoms. The molecule has 0 bridgehead atoms. The van der Waals surface area contributed by atoms with Gasteiger partial charge < -0.3 is 14.2 Å². The summed E-state index contributed by atoms with van der Waals surface area (Å²) in [6.07, 6.45) is -0.643. The summed E-state index contributed by atoms with van der Waals surface area (Å²) < 4.78 is 15.4. The average molecular weight is 356 g/mol. The van der Waals surface area contributed by atoms with E-state index in [2.05, 4.69) is 0 Å². The minimum Gasteiger partial charge on any atom is -0.462 e. The summed E-state index contributed by atoms with van der Waals surface area (Å²) in [5, 5.41) is 0. The molecule has 0 spiro atoms. The van der Waals surface area contributed by atoms with Crippen LogP contribution in [0.15, 0.2) is 48.5 Å². The predicted octanol–water partition coefficient (Wildman–Crippen LogP) is 3.44. The van der Waals surface area contributed by atoms with Gasteiger partial charge >= 0.3 is 17.9 Å². The van der Waals surface area contributed by atoms with Crippen molar-refractivity contribution in [2.45, 2.75) is 26.9 Å². The maximum atomic E-state index is 11.8. The molecule has 0 saturated carbocycles. The summed E-state index contributed by atoms with van der Waals surface area (Å²) in [5.41, 5.74) is 1.83. The van der Waals surface area contributed by atoms with Gasteiger partial charge in [0.05, 0.1) is 12.2 Å². The molecule has 2 aromatic carbocycles. The van der Waals surface area contributed by atoms with E-state index in [1.165, 1.54) is 13.8 Å². The number of benzene rings is 2. The average Bonchev–Trinajstić information content (AvgIpc) is 2.60. The van der Waals surface area contributed by atoms with E-state index < -0.39 is 24.0 Å². The van der Waals surface area contributed by atoms with E-state index in [9.17, 15) is 14.4 Å². The second-order valence-electron chi connectivity index (χ2n) is 5.49. The Hall–Kier alpha value is -3.15. The van der Waals surface area contributed by atoms with E-state index in [4.69, 9.17) is 14.2 Å². The Morgan fingerprint density at radius 2 is 1.38 bits per heavy atom. The minimum absolute atomic E-state index is 0.297. The van der Waals surface area contributed by atoms with Crippen molar-refractivity contribution in [2.24, 2.45) is 0 Å². The molecule has 0 heterocycles. The summed E-state index contributed by atoms with van der Waals surface area (Å²) in [5.74, 6) is -0.855. The topological polar surface area (TPSA) is 78.9 Å². The third-order valence-electron chi connectivity index (χ3n) is 3.45. The van der Waals surface area contributed by atoms with Gasteiger partial charge in [0.2, 0.25) is 0 Å². The Labute approximate surface area is 151 Å². The molecule has 0 amide bonds. The highest BCUT2D eigenvalue weighted by molar-refractivity contribution is 5.89. The number of hydrogen-bond acceptors (Lipinski definition) is 6. The van der Waals surface area contributed by atoms with Crippen LogP contribution in [0.1, 0.15) is 48.4 Å². The molecule has 0 aliphatic heterocycles. The van der Waals surface area contributed by atoms with Crippen LogP contribution in [0, 0.1) is 0 Å². The fraction of sp³-hybridized carbons (Fsp3) is 0.250. The maximum absolute atomic E-state index is 11.8. The van der Waals surface area contributed by atoms with Crippen LogP contribution < -0.4 is 4.74 Å². The third-order valence-corrected chi connectivity index (χ3v) is 3.45. The summed E-state index contributed by atoms with van der Waals surface area (Å²) in [6, 6.07) is 13.3. The van der Waals surface area contributed by atoms with Crippen molar-refractivity contribution in [2.75, 3.05) is 6.61 Å². The van der Waals surface area contributed by atoms with Crippen molar-refractivity contribution < 1.29 is 28.6 Å². The lowest BCUT2D eigenvalue weighted by atomic mass is 10.00. The first-order chi connectivity index (χ1) is 12.4. The first-order valence-electron chi connectivity index (χ1n) is 8.13. The van der Waals surface area contributed by atoms with Gasteiger partial charge in [-0.15, -0.1) is 0 Å². The van der Waals surface area contributed by atoms with Gasteiger partial charge in [-0.3, -0.25) is 9.59 Å². The first-order valence-corrected chi connectivity index (χ1v) is 8.13. The zero-order valence-electron chi connectivity index (χ0n) is 14.9. The smallest absolute Gasteiger partial charge is 0.338 e. The van der Waals surface area contributed by atoms with E-state index in [1.54, 1.807) is 55.5 Å². The standard InChI is InChI=1S/C20H20O6/c1-4-24-20(23)17-7-5-15(6-8-17)19(26-14(3)22)16-9-11-18(12-10-16)25-13(2)21/h5-12,19H,4H2,1-3H3. The second-order valence-corrected chi connectivity index (χ2v) is 5.49. The molecule has 26 heavy (non-hydrogen) atoms. The van der Waals surface area contributed by atoms with Crippen LogP contribution in [-0.2, 0) is 19.1 Å². The summed E-state index contributed by atoms with van der Waals surface area (Å²) in [6.45, 7) is 4.68. The number of esters is 3. The highest BCUT2D eigenvalue weighted by Gasteiger charge is 2.18. The molecule has 0 saturated heterocycles. The SMILES string of the molecule is CCOC(=O)c1ccc(C(OC(C)=O)c2ccc(OC(C)=O)cc2)cc1. The van der Waals surface area contributed by atoms with Gasteiger partial charge in [-0.05, 0) is 42.3 Å².